The molecule has 1 N–H and O–H groups in total. The molecule has 2 nitrogen and oxygen atoms in total. The van der Waals surface area contributed by atoms with Crippen molar-refractivity contribution in [2.75, 3.05) is 6.54 Å². The molecule has 3 heteroatoms. The third-order valence-electron chi connectivity index (χ3n) is 3.95. The first-order valence-electron chi connectivity index (χ1n) is 7.20. The molecular formula is C16H22ClNO. The number of halogens is 1. The number of alkyl halides is 1. The normalized spacial score (nSPS) is 23.1. The standard InChI is InChI=1S/C16H22ClNO/c1-2-12-3-7-14(8-4-12)16(19)18-11-13-5-9-15(17)10-6-13/h3-4,7-8,13,15H,2,5-6,9-11H2,1H3,(H,18,19). The summed E-state index contributed by atoms with van der Waals surface area (Å²) in [7, 11) is 0. The number of rotatable bonds is 4. The molecule has 19 heavy (non-hydrogen) atoms. The molecule has 1 saturated carbocycles. The smallest absolute Gasteiger partial charge is 0.251 e. The van der Waals surface area contributed by atoms with E-state index < -0.39 is 0 Å². The first-order chi connectivity index (χ1) is 9.19. The van der Waals surface area contributed by atoms with Gasteiger partial charge < -0.3 is 5.32 Å². The van der Waals surface area contributed by atoms with Gasteiger partial charge in [0.1, 0.15) is 0 Å². The summed E-state index contributed by atoms with van der Waals surface area (Å²) < 4.78 is 0. The van der Waals surface area contributed by atoms with Crippen molar-refractivity contribution < 1.29 is 4.79 Å². The molecule has 1 aromatic carbocycles. The molecule has 1 amide bonds. The lowest BCUT2D eigenvalue weighted by atomic mass is 9.89. The van der Waals surface area contributed by atoms with Crippen LogP contribution in [-0.2, 0) is 6.42 Å². The number of amides is 1. The first-order valence-corrected chi connectivity index (χ1v) is 7.64. The van der Waals surface area contributed by atoms with Gasteiger partial charge in [0, 0.05) is 17.5 Å². The van der Waals surface area contributed by atoms with Gasteiger partial charge >= 0.3 is 0 Å². The van der Waals surface area contributed by atoms with Crippen molar-refractivity contribution in [3.8, 4) is 0 Å². The second-order valence-corrected chi connectivity index (χ2v) is 6.00. The lowest BCUT2D eigenvalue weighted by Crippen LogP contribution is -2.31. The Bertz CT molecular complexity index is 407. The van der Waals surface area contributed by atoms with Gasteiger partial charge in [-0.1, -0.05) is 19.1 Å². The Labute approximate surface area is 120 Å². The Hall–Kier alpha value is -1.02. The van der Waals surface area contributed by atoms with Crippen molar-refractivity contribution >= 4 is 17.5 Å². The van der Waals surface area contributed by atoms with Gasteiger partial charge in [-0.05, 0) is 55.7 Å². The maximum Gasteiger partial charge on any atom is 0.251 e. The van der Waals surface area contributed by atoms with Crippen LogP contribution in [0.25, 0.3) is 0 Å². The number of nitrogens with one attached hydrogen (secondary N) is 1. The molecular weight excluding hydrogens is 258 g/mol. The SMILES string of the molecule is CCc1ccc(C(=O)NCC2CCC(Cl)CC2)cc1. The predicted octanol–water partition coefficient (Wildman–Crippen LogP) is 3.78. The third-order valence-corrected chi connectivity index (χ3v) is 4.39. The minimum Gasteiger partial charge on any atom is -0.352 e. The Morgan fingerprint density at radius 3 is 2.42 bits per heavy atom. The fourth-order valence-electron chi connectivity index (χ4n) is 2.56. The maximum absolute atomic E-state index is 12.0. The Morgan fingerprint density at radius 2 is 1.84 bits per heavy atom. The molecule has 104 valence electrons. The van der Waals surface area contributed by atoms with E-state index in [1.807, 2.05) is 24.3 Å². The number of hydrogen-bond donors (Lipinski definition) is 1. The van der Waals surface area contributed by atoms with Crippen LogP contribution in [-0.4, -0.2) is 17.8 Å². The van der Waals surface area contributed by atoms with Gasteiger partial charge in [-0.25, -0.2) is 0 Å². The highest BCUT2D eigenvalue weighted by molar-refractivity contribution is 6.20. The lowest BCUT2D eigenvalue weighted by molar-refractivity contribution is 0.0943. The molecule has 1 aliphatic carbocycles. The average molecular weight is 280 g/mol. The second-order valence-electron chi connectivity index (χ2n) is 5.38. The van der Waals surface area contributed by atoms with Gasteiger partial charge in [-0.15, -0.1) is 11.6 Å². The maximum atomic E-state index is 12.0. The zero-order chi connectivity index (χ0) is 13.7. The highest BCUT2D eigenvalue weighted by atomic mass is 35.5. The van der Waals surface area contributed by atoms with E-state index in [4.69, 9.17) is 11.6 Å². The van der Waals surface area contributed by atoms with E-state index >= 15 is 0 Å². The van der Waals surface area contributed by atoms with E-state index in [9.17, 15) is 4.79 Å². The number of aryl methyl sites for hydroxylation is 1. The average Bonchev–Trinajstić information content (AvgIpc) is 2.46. The van der Waals surface area contributed by atoms with Crippen LogP contribution >= 0.6 is 11.6 Å². The number of hydrogen-bond acceptors (Lipinski definition) is 1. The van der Waals surface area contributed by atoms with Crippen LogP contribution in [0, 0.1) is 5.92 Å². The molecule has 0 saturated heterocycles. The molecule has 0 spiro atoms. The minimum atomic E-state index is 0.0376. The number of carbonyl (C=O) groups is 1. The Balaban J connectivity index is 1.80. The molecule has 0 aliphatic heterocycles. The van der Waals surface area contributed by atoms with Crippen LogP contribution in [0.5, 0.6) is 0 Å². The van der Waals surface area contributed by atoms with E-state index in [-0.39, 0.29) is 5.91 Å². The number of benzene rings is 1. The van der Waals surface area contributed by atoms with Crippen LogP contribution in [0.15, 0.2) is 24.3 Å². The third kappa shape index (κ3) is 4.24. The zero-order valence-electron chi connectivity index (χ0n) is 11.5. The van der Waals surface area contributed by atoms with Crippen molar-refractivity contribution in [2.45, 2.75) is 44.4 Å². The van der Waals surface area contributed by atoms with Crippen LogP contribution in [0.1, 0.15) is 48.5 Å². The van der Waals surface area contributed by atoms with Crippen molar-refractivity contribution in [3.05, 3.63) is 35.4 Å². The molecule has 0 heterocycles. The monoisotopic (exact) mass is 279 g/mol. The fraction of sp³-hybridized carbons (Fsp3) is 0.562. The fourth-order valence-corrected chi connectivity index (χ4v) is 2.81. The first kappa shape index (κ1) is 14.4. The Kier molecular flexibility index (Phi) is 5.26. The van der Waals surface area contributed by atoms with E-state index in [0.717, 1.165) is 44.2 Å². The molecule has 0 bridgehead atoms. The quantitative estimate of drug-likeness (QED) is 0.835. The van der Waals surface area contributed by atoms with Crippen molar-refractivity contribution in [2.24, 2.45) is 5.92 Å². The summed E-state index contributed by atoms with van der Waals surface area (Å²) in [6.45, 7) is 2.89. The van der Waals surface area contributed by atoms with Crippen LogP contribution < -0.4 is 5.32 Å². The summed E-state index contributed by atoms with van der Waals surface area (Å²) in [4.78, 5) is 12.0. The molecule has 1 aliphatic rings. The highest BCUT2D eigenvalue weighted by Gasteiger charge is 2.19. The summed E-state index contributed by atoms with van der Waals surface area (Å²) in [6.07, 6.45) is 5.41. The van der Waals surface area contributed by atoms with Gasteiger partial charge in [0.25, 0.3) is 5.91 Å². The van der Waals surface area contributed by atoms with Gasteiger partial charge in [-0.2, -0.15) is 0 Å². The van der Waals surface area contributed by atoms with Crippen molar-refractivity contribution in [1.29, 1.82) is 0 Å². The van der Waals surface area contributed by atoms with E-state index in [1.54, 1.807) is 0 Å². The summed E-state index contributed by atoms with van der Waals surface area (Å²) in [5.41, 5.74) is 2.01. The summed E-state index contributed by atoms with van der Waals surface area (Å²) >= 11 is 6.08. The molecule has 0 unspecified atom stereocenters. The molecule has 0 aromatic heterocycles. The van der Waals surface area contributed by atoms with E-state index in [2.05, 4.69) is 12.2 Å². The molecule has 1 aromatic rings. The van der Waals surface area contributed by atoms with Gasteiger partial charge in [0.05, 0.1) is 0 Å². The topological polar surface area (TPSA) is 29.1 Å². The van der Waals surface area contributed by atoms with E-state index in [0.29, 0.717) is 11.3 Å². The molecule has 0 radical (unpaired) electrons. The minimum absolute atomic E-state index is 0.0376. The van der Waals surface area contributed by atoms with Crippen molar-refractivity contribution in [1.82, 2.24) is 5.32 Å². The van der Waals surface area contributed by atoms with Gasteiger partial charge in [0.2, 0.25) is 0 Å². The van der Waals surface area contributed by atoms with Crippen LogP contribution in [0.3, 0.4) is 0 Å². The van der Waals surface area contributed by atoms with Gasteiger partial charge in [-0.3, -0.25) is 4.79 Å². The molecule has 1 fully saturated rings. The largest absolute Gasteiger partial charge is 0.352 e. The predicted molar refractivity (Wildman–Crippen MR) is 79.8 cm³/mol. The zero-order valence-corrected chi connectivity index (χ0v) is 12.2. The van der Waals surface area contributed by atoms with Crippen LogP contribution in [0.4, 0.5) is 0 Å². The summed E-state index contributed by atoms with van der Waals surface area (Å²) in [5.74, 6) is 0.629. The second kappa shape index (κ2) is 6.95. The summed E-state index contributed by atoms with van der Waals surface area (Å²) in [5, 5.41) is 3.38. The number of carbonyl (C=O) groups excluding carboxylic acids is 1. The molecule has 2 rings (SSSR count). The van der Waals surface area contributed by atoms with Crippen LogP contribution in [0.2, 0.25) is 0 Å². The lowest BCUT2D eigenvalue weighted by Gasteiger charge is -2.25. The molecule has 0 atom stereocenters. The van der Waals surface area contributed by atoms with E-state index in [1.165, 1.54) is 5.56 Å². The summed E-state index contributed by atoms with van der Waals surface area (Å²) in [6, 6.07) is 7.86. The highest BCUT2D eigenvalue weighted by Crippen LogP contribution is 2.26. The van der Waals surface area contributed by atoms with Gasteiger partial charge in [0.15, 0.2) is 0 Å². The Morgan fingerprint density at radius 1 is 1.21 bits per heavy atom. The van der Waals surface area contributed by atoms with Crippen molar-refractivity contribution in [3.63, 3.8) is 0 Å².